The number of rotatable bonds is 10. The van der Waals surface area contributed by atoms with Crippen LogP contribution in [-0.4, -0.2) is 38.0 Å². The monoisotopic (exact) mass is 378 g/mol. The summed E-state index contributed by atoms with van der Waals surface area (Å²) in [5.74, 6) is -0.118. The van der Waals surface area contributed by atoms with Gasteiger partial charge in [0.25, 0.3) is 0 Å². The van der Waals surface area contributed by atoms with Crippen molar-refractivity contribution in [3.05, 3.63) is 24.3 Å². The molecule has 7 nitrogen and oxygen atoms in total. The minimum atomic E-state index is -0.664. The third-order valence-electron chi connectivity index (χ3n) is 3.97. The fourth-order valence-electron chi connectivity index (χ4n) is 2.67. The highest BCUT2D eigenvalue weighted by Gasteiger charge is 2.23. The first-order valence-electron chi connectivity index (χ1n) is 9.06. The van der Waals surface area contributed by atoms with E-state index in [1.807, 2.05) is 20.8 Å². The number of anilines is 1. The molecule has 0 aromatic heterocycles. The Morgan fingerprint density at radius 1 is 0.963 bits per heavy atom. The van der Waals surface area contributed by atoms with Gasteiger partial charge in [0, 0.05) is 18.5 Å². The predicted molar refractivity (Wildman–Crippen MR) is 103 cm³/mol. The van der Waals surface area contributed by atoms with E-state index < -0.39 is 12.0 Å². The third kappa shape index (κ3) is 8.57. The van der Waals surface area contributed by atoms with Gasteiger partial charge in [0.2, 0.25) is 11.8 Å². The molecular formula is C20H30N2O5. The molecule has 0 radical (unpaired) electrons. The summed E-state index contributed by atoms with van der Waals surface area (Å²) in [7, 11) is 2.88. The van der Waals surface area contributed by atoms with Crippen LogP contribution in [0.3, 0.4) is 0 Å². The second-order valence-corrected chi connectivity index (χ2v) is 7.06. The summed E-state index contributed by atoms with van der Waals surface area (Å²) in [5, 5.41) is 5.50. The van der Waals surface area contributed by atoms with Crippen molar-refractivity contribution in [3.63, 3.8) is 0 Å². The van der Waals surface area contributed by atoms with Crippen LogP contribution in [0.1, 0.15) is 40.0 Å². The van der Waals surface area contributed by atoms with Gasteiger partial charge in [-0.25, -0.2) is 4.79 Å². The lowest BCUT2D eigenvalue weighted by molar-refractivity contribution is -0.145. The average Bonchev–Trinajstić information content (AvgIpc) is 2.60. The molecule has 2 N–H and O–H groups in total. The molecule has 0 bridgehead atoms. The van der Waals surface area contributed by atoms with E-state index in [9.17, 15) is 14.4 Å². The lowest BCUT2D eigenvalue weighted by atomic mass is 10.0. The molecule has 27 heavy (non-hydrogen) atoms. The van der Waals surface area contributed by atoms with Crippen LogP contribution in [0.2, 0.25) is 0 Å². The number of hydrogen-bond acceptors (Lipinski definition) is 5. The maximum absolute atomic E-state index is 12.2. The lowest BCUT2D eigenvalue weighted by Gasteiger charge is -2.19. The Morgan fingerprint density at radius 3 is 2.07 bits per heavy atom. The number of esters is 1. The predicted octanol–water partition coefficient (Wildman–Crippen LogP) is 2.75. The third-order valence-corrected chi connectivity index (χ3v) is 3.97. The molecule has 7 heteroatoms. The number of carbonyl (C=O) groups excluding carboxylic acids is 3. The highest BCUT2D eigenvalue weighted by Crippen LogP contribution is 2.16. The van der Waals surface area contributed by atoms with Crippen molar-refractivity contribution in [1.29, 1.82) is 0 Å². The number of hydrogen-bond donors (Lipinski definition) is 2. The molecule has 2 atom stereocenters. The average molecular weight is 378 g/mol. The van der Waals surface area contributed by atoms with Crippen molar-refractivity contribution in [1.82, 2.24) is 5.32 Å². The second-order valence-electron chi connectivity index (χ2n) is 7.06. The molecule has 0 aliphatic carbocycles. The maximum Gasteiger partial charge on any atom is 0.328 e. The van der Waals surface area contributed by atoms with Crippen LogP contribution in [-0.2, 0) is 19.1 Å². The summed E-state index contributed by atoms with van der Waals surface area (Å²) in [4.78, 5) is 36.1. The zero-order valence-corrected chi connectivity index (χ0v) is 16.7. The summed E-state index contributed by atoms with van der Waals surface area (Å²) in [6.07, 6.45) is 0.860. The van der Waals surface area contributed by atoms with E-state index in [0.717, 1.165) is 0 Å². The zero-order chi connectivity index (χ0) is 20.4. The van der Waals surface area contributed by atoms with Gasteiger partial charge in [-0.3, -0.25) is 9.59 Å². The van der Waals surface area contributed by atoms with Crippen molar-refractivity contribution < 1.29 is 23.9 Å². The first-order valence-corrected chi connectivity index (χ1v) is 9.06. The quantitative estimate of drug-likeness (QED) is 0.611. The number of nitrogens with one attached hydrogen (secondary N) is 2. The van der Waals surface area contributed by atoms with Gasteiger partial charge in [0.15, 0.2) is 0 Å². The maximum atomic E-state index is 12.2. The van der Waals surface area contributed by atoms with Crippen molar-refractivity contribution >= 4 is 23.5 Å². The van der Waals surface area contributed by atoms with E-state index in [1.165, 1.54) is 7.11 Å². The molecule has 0 heterocycles. The minimum absolute atomic E-state index is 0.154. The van der Waals surface area contributed by atoms with E-state index >= 15 is 0 Å². The Bertz CT molecular complexity index is 628. The van der Waals surface area contributed by atoms with Crippen LogP contribution in [0.15, 0.2) is 24.3 Å². The lowest BCUT2D eigenvalue weighted by Crippen LogP contribution is -2.42. The molecule has 0 aliphatic rings. The fourth-order valence-corrected chi connectivity index (χ4v) is 2.67. The molecular weight excluding hydrogens is 348 g/mol. The van der Waals surface area contributed by atoms with Gasteiger partial charge in [0.05, 0.1) is 14.2 Å². The topological polar surface area (TPSA) is 93.7 Å². The van der Waals surface area contributed by atoms with Gasteiger partial charge in [0.1, 0.15) is 11.8 Å². The Labute approximate surface area is 160 Å². The molecule has 1 aromatic rings. The molecule has 0 saturated carbocycles. The Balaban J connectivity index is 2.48. The van der Waals surface area contributed by atoms with Crippen LogP contribution in [0.5, 0.6) is 5.75 Å². The van der Waals surface area contributed by atoms with Crippen molar-refractivity contribution in [2.45, 2.75) is 46.1 Å². The van der Waals surface area contributed by atoms with Gasteiger partial charge in [-0.1, -0.05) is 20.8 Å². The van der Waals surface area contributed by atoms with Crippen LogP contribution in [0.4, 0.5) is 5.69 Å². The first kappa shape index (κ1) is 22.5. The van der Waals surface area contributed by atoms with E-state index in [-0.39, 0.29) is 36.5 Å². The molecule has 150 valence electrons. The van der Waals surface area contributed by atoms with Crippen LogP contribution < -0.4 is 15.4 Å². The molecule has 0 spiro atoms. The van der Waals surface area contributed by atoms with E-state index in [4.69, 9.17) is 9.47 Å². The SMILES string of the molecule is COC(=O)[C@@H](CC(C)C)NC(=O)C[C@H](C)CC(=O)Nc1ccc(OC)cc1. The largest absolute Gasteiger partial charge is 0.497 e. The van der Waals surface area contributed by atoms with E-state index in [2.05, 4.69) is 10.6 Å². The molecule has 0 fully saturated rings. The standard InChI is InChI=1S/C20H30N2O5/c1-13(2)10-17(20(25)27-5)22-19(24)12-14(3)11-18(23)21-15-6-8-16(26-4)9-7-15/h6-9,13-14,17H,10-12H2,1-5H3,(H,21,23)(H,22,24)/t14-,17-/m1/s1. The summed E-state index contributed by atoms with van der Waals surface area (Å²) in [6, 6.07) is 6.35. The Hall–Kier alpha value is -2.57. The zero-order valence-electron chi connectivity index (χ0n) is 16.7. The molecule has 0 aliphatic heterocycles. The molecule has 1 aromatic carbocycles. The summed E-state index contributed by atoms with van der Waals surface area (Å²) >= 11 is 0. The highest BCUT2D eigenvalue weighted by molar-refractivity contribution is 5.91. The van der Waals surface area contributed by atoms with Crippen LogP contribution >= 0.6 is 0 Å². The summed E-state index contributed by atoms with van der Waals surface area (Å²) in [5.41, 5.74) is 0.667. The van der Waals surface area contributed by atoms with E-state index in [1.54, 1.807) is 31.4 Å². The Kier molecular flexibility index (Phi) is 9.33. The summed E-state index contributed by atoms with van der Waals surface area (Å²) < 4.78 is 9.81. The number of carbonyl (C=O) groups is 3. The smallest absolute Gasteiger partial charge is 0.328 e. The van der Waals surface area contributed by atoms with Crippen LogP contribution in [0.25, 0.3) is 0 Å². The molecule has 1 rings (SSSR count). The number of methoxy groups -OCH3 is 2. The minimum Gasteiger partial charge on any atom is -0.497 e. The summed E-state index contributed by atoms with van der Waals surface area (Å²) in [6.45, 7) is 5.76. The molecule has 0 unspecified atom stereocenters. The highest BCUT2D eigenvalue weighted by atomic mass is 16.5. The van der Waals surface area contributed by atoms with Crippen LogP contribution in [0, 0.1) is 11.8 Å². The first-order chi connectivity index (χ1) is 12.7. The normalized spacial score (nSPS) is 12.8. The van der Waals surface area contributed by atoms with Gasteiger partial charge in [-0.2, -0.15) is 0 Å². The molecule has 0 saturated heterocycles. The van der Waals surface area contributed by atoms with Crippen molar-refractivity contribution in [3.8, 4) is 5.75 Å². The van der Waals surface area contributed by atoms with Gasteiger partial charge < -0.3 is 20.1 Å². The van der Waals surface area contributed by atoms with Crippen molar-refractivity contribution in [2.75, 3.05) is 19.5 Å². The number of benzene rings is 1. The Morgan fingerprint density at radius 2 is 1.56 bits per heavy atom. The van der Waals surface area contributed by atoms with Crippen molar-refractivity contribution in [2.24, 2.45) is 11.8 Å². The van der Waals surface area contributed by atoms with Gasteiger partial charge >= 0.3 is 5.97 Å². The van der Waals surface area contributed by atoms with Gasteiger partial charge in [-0.05, 0) is 42.5 Å². The second kappa shape index (κ2) is 11.2. The van der Waals surface area contributed by atoms with Gasteiger partial charge in [-0.15, -0.1) is 0 Å². The number of amides is 2. The van der Waals surface area contributed by atoms with E-state index in [0.29, 0.717) is 17.9 Å². The molecule has 2 amide bonds. The number of ether oxygens (including phenoxy) is 2. The fraction of sp³-hybridized carbons (Fsp3) is 0.550.